The minimum absolute atomic E-state index is 0.139. The molecule has 3 saturated carbocycles. The van der Waals surface area contributed by atoms with Gasteiger partial charge in [0, 0.05) is 6.04 Å². The summed E-state index contributed by atoms with van der Waals surface area (Å²) in [5, 5.41) is 3.47. The lowest BCUT2D eigenvalue weighted by Crippen LogP contribution is -2.60. The first-order chi connectivity index (χ1) is 8.22. The van der Waals surface area contributed by atoms with Crippen molar-refractivity contribution in [3.63, 3.8) is 0 Å². The van der Waals surface area contributed by atoms with Gasteiger partial charge < -0.3 is 5.32 Å². The topological polar surface area (TPSA) is 66.4 Å². The third-order valence-corrected chi connectivity index (χ3v) is 6.14. The third kappa shape index (κ3) is 2.73. The van der Waals surface area contributed by atoms with Crippen LogP contribution in [0.25, 0.3) is 0 Å². The summed E-state index contributed by atoms with van der Waals surface area (Å²) in [4.78, 5) is 0. The quantitative estimate of drug-likeness (QED) is 0.594. The smallest absolute Gasteiger partial charge is 0.264 e. The molecule has 0 saturated heterocycles. The maximum absolute atomic E-state index is 10.6. The Morgan fingerprint density at radius 2 is 2.00 bits per heavy atom. The van der Waals surface area contributed by atoms with Gasteiger partial charge in [0.05, 0.1) is 5.75 Å². The number of hydrogen-bond acceptors (Lipinski definition) is 3. The first-order valence-electron chi connectivity index (χ1n) is 6.90. The summed E-state index contributed by atoms with van der Waals surface area (Å²) in [5.41, 5.74) is 0.492. The van der Waals surface area contributed by atoms with Gasteiger partial charge >= 0.3 is 0 Å². The number of fused-ring (bicyclic) bond motifs is 2. The van der Waals surface area contributed by atoms with Crippen LogP contribution in [-0.4, -0.2) is 31.3 Å². The summed E-state index contributed by atoms with van der Waals surface area (Å²) in [6.45, 7) is 7.73. The lowest BCUT2D eigenvalue weighted by atomic mass is 9.45. The standard InChI is InChI=1S/C13H25NO3S/c1-9-11-7-10(13(11,2)3)8-12(9)14-5-4-6-18(15,16)17/h9-12,14H,4-8H2,1-3H3,(H,15,16,17)/t9-,10+,11-,12-/m1/s1. The van der Waals surface area contributed by atoms with Crippen molar-refractivity contribution in [2.45, 2.75) is 46.1 Å². The van der Waals surface area contributed by atoms with Crippen LogP contribution in [0.15, 0.2) is 0 Å². The van der Waals surface area contributed by atoms with Crippen LogP contribution in [0.3, 0.4) is 0 Å². The molecule has 4 atom stereocenters. The second kappa shape index (κ2) is 4.76. The summed E-state index contributed by atoms with van der Waals surface area (Å²) in [7, 11) is -3.80. The number of nitrogens with one attached hydrogen (secondary N) is 1. The minimum Gasteiger partial charge on any atom is -0.314 e. The van der Waals surface area contributed by atoms with Crippen LogP contribution < -0.4 is 5.32 Å². The predicted octanol–water partition coefficient (Wildman–Crippen LogP) is 1.92. The summed E-state index contributed by atoms with van der Waals surface area (Å²) < 4.78 is 29.9. The average Bonchev–Trinajstić information content (AvgIpc) is 2.24. The monoisotopic (exact) mass is 275 g/mol. The van der Waals surface area contributed by atoms with Gasteiger partial charge in [-0.15, -0.1) is 0 Å². The van der Waals surface area contributed by atoms with E-state index in [0.29, 0.717) is 30.3 Å². The molecule has 3 aliphatic carbocycles. The van der Waals surface area contributed by atoms with Crippen LogP contribution >= 0.6 is 0 Å². The molecule has 0 aliphatic heterocycles. The van der Waals surface area contributed by atoms with Gasteiger partial charge in [0.15, 0.2) is 0 Å². The fourth-order valence-corrected chi connectivity index (χ4v) is 4.47. The van der Waals surface area contributed by atoms with E-state index >= 15 is 0 Å². The van der Waals surface area contributed by atoms with Crippen molar-refractivity contribution >= 4 is 10.1 Å². The maximum atomic E-state index is 10.6. The highest BCUT2D eigenvalue weighted by Crippen LogP contribution is 2.61. The van der Waals surface area contributed by atoms with Crippen molar-refractivity contribution < 1.29 is 13.0 Å². The van der Waals surface area contributed by atoms with E-state index in [9.17, 15) is 8.42 Å². The van der Waals surface area contributed by atoms with Crippen LogP contribution in [-0.2, 0) is 10.1 Å². The molecule has 3 fully saturated rings. The van der Waals surface area contributed by atoms with Crippen molar-refractivity contribution in [1.29, 1.82) is 0 Å². The van der Waals surface area contributed by atoms with E-state index < -0.39 is 10.1 Å². The molecular formula is C13H25NO3S. The summed E-state index contributed by atoms with van der Waals surface area (Å²) in [6, 6.07) is 0.517. The van der Waals surface area contributed by atoms with Gasteiger partial charge in [0.2, 0.25) is 0 Å². The molecule has 0 radical (unpaired) electrons. The van der Waals surface area contributed by atoms with Crippen LogP contribution in [0.4, 0.5) is 0 Å². The molecule has 106 valence electrons. The van der Waals surface area contributed by atoms with E-state index in [2.05, 4.69) is 26.1 Å². The number of rotatable bonds is 5. The molecule has 0 aromatic rings. The van der Waals surface area contributed by atoms with Gasteiger partial charge in [-0.25, -0.2) is 0 Å². The molecule has 0 aromatic carbocycles. The molecule has 5 heteroatoms. The first kappa shape index (κ1) is 14.3. The Labute approximate surface area is 110 Å². The van der Waals surface area contributed by atoms with Crippen LogP contribution in [0, 0.1) is 23.2 Å². The van der Waals surface area contributed by atoms with Gasteiger partial charge in [-0.3, -0.25) is 4.55 Å². The SMILES string of the molecule is C[C@@H]1[C@H]2C[C@@H](C[C@H]1NCCCS(=O)(=O)O)C2(C)C. The van der Waals surface area contributed by atoms with E-state index in [4.69, 9.17) is 4.55 Å². The molecule has 0 spiro atoms. The molecular weight excluding hydrogens is 250 g/mol. The number of hydrogen-bond donors (Lipinski definition) is 2. The minimum atomic E-state index is -3.80. The largest absolute Gasteiger partial charge is 0.314 e. The van der Waals surface area contributed by atoms with Crippen molar-refractivity contribution in [2.75, 3.05) is 12.3 Å². The van der Waals surface area contributed by atoms with E-state index in [1.54, 1.807) is 0 Å². The Bertz CT molecular complexity index is 404. The molecule has 3 rings (SSSR count). The van der Waals surface area contributed by atoms with Crippen molar-refractivity contribution in [2.24, 2.45) is 23.2 Å². The highest BCUT2D eigenvalue weighted by molar-refractivity contribution is 7.85. The molecule has 2 N–H and O–H groups in total. The van der Waals surface area contributed by atoms with E-state index in [1.165, 1.54) is 12.8 Å². The molecule has 0 aromatic heterocycles. The van der Waals surface area contributed by atoms with E-state index in [0.717, 1.165) is 11.8 Å². The van der Waals surface area contributed by atoms with Crippen molar-refractivity contribution in [3.05, 3.63) is 0 Å². The van der Waals surface area contributed by atoms with Crippen LogP contribution in [0.5, 0.6) is 0 Å². The average molecular weight is 275 g/mol. The lowest BCUT2D eigenvalue weighted by Gasteiger charge is -2.62. The fraction of sp³-hybridized carbons (Fsp3) is 1.00. The van der Waals surface area contributed by atoms with Gasteiger partial charge in [0.25, 0.3) is 10.1 Å². The second-order valence-electron chi connectivity index (χ2n) is 6.66. The molecule has 4 nitrogen and oxygen atoms in total. The second-order valence-corrected chi connectivity index (χ2v) is 8.23. The van der Waals surface area contributed by atoms with Crippen molar-refractivity contribution in [3.8, 4) is 0 Å². The Morgan fingerprint density at radius 1 is 1.33 bits per heavy atom. The Kier molecular flexibility index (Phi) is 3.78. The van der Waals surface area contributed by atoms with E-state index in [1.807, 2.05) is 0 Å². The molecule has 0 amide bonds. The van der Waals surface area contributed by atoms with Gasteiger partial charge in [-0.2, -0.15) is 8.42 Å². The Morgan fingerprint density at radius 3 is 2.50 bits per heavy atom. The van der Waals surface area contributed by atoms with Crippen LogP contribution in [0.2, 0.25) is 0 Å². The first-order valence-corrected chi connectivity index (χ1v) is 8.51. The maximum Gasteiger partial charge on any atom is 0.264 e. The lowest BCUT2D eigenvalue weighted by molar-refractivity contribution is -0.114. The predicted molar refractivity (Wildman–Crippen MR) is 72.0 cm³/mol. The zero-order valence-electron chi connectivity index (χ0n) is 11.5. The summed E-state index contributed by atoms with van der Waals surface area (Å²) >= 11 is 0. The van der Waals surface area contributed by atoms with Crippen LogP contribution in [0.1, 0.15) is 40.0 Å². The van der Waals surface area contributed by atoms with E-state index in [-0.39, 0.29) is 5.75 Å². The molecule has 0 unspecified atom stereocenters. The molecule has 18 heavy (non-hydrogen) atoms. The Balaban J connectivity index is 1.76. The highest BCUT2D eigenvalue weighted by Gasteiger charge is 2.55. The third-order valence-electron chi connectivity index (χ3n) is 5.34. The zero-order chi connectivity index (χ0) is 13.6. The van der Waals surface area contributed by atoms with Crippen molar-refractivity contribution in [1.82, 2.24) is 5.32 Å². The molecule has 2 bridgehead atoms. The zero-order valence-corrected chi connectivity index (χ0v) is 12.3. The van der Waals surface area contributed by atoms with Gasteiger partial charge in [0.1, 0.15) is 0 Å². The Hall–Kier alpha value is -0.130. The molecule has 0 heterocycles. The summed E-state index contributed by atoms with van der Waals surface area (Å²) in [6.07, 6.45) is 3.05. The van der Waals surface area contributed by atoms with Gasteiger partial charge in [-0.1, -0.05) is 20.8 Å². The summed E-state index contributed by atoms with van der Waals surface area (Å²) in [5.74, 6) is 2.14. The molecule has 3 aliphatic rings. The fourth-order valence-electron chi connectivity index (χ4n) is 3.96. The highest BCUT2D eigenvalue weighted by atomic mass is 32.2. The normalized spacial score (nSPS) is 38.2. The van der Waals surface area contributed by atoms with Gasteiger partial charge in [-0.05, 0) is 49.0 Å².